The summed E-state index contributed by atoms with van der Waals surface area (Å²) in [5.74, 6) is 6.67. The van der Waals surface area contributed by atoms with Gasteiger partial charge >= 0.3 is 0 Å². The Hall–Kier alpha value is -0.910. The monoisotopic (exact) mass is 240 g/mol. The van der Waals surface area contributed by atoms with E-state index < -0.39 is 0 Å². The summed E-state index contributed by atoms with van der Waals surface area (Å²) in [6.07, 6.45) is 7.89. The van der Waals surface area contributed by atoms with Gasteiger partial charge in [0.25, 0.3) is 0 Å². The number of aromatic nitrogens is 2. The number of hydrogen-bond donors (Lipinski definition) is 2. The van der Waals surface area contributed by atoms with E-state index in [0.717, 1.165) is 44.7 Å². The first-order valence-corrected chi connectivity index (χ1v) is 6.26. The summed E-state index contributed by atoms with van der Waals surface area (Å²) in [6, 6.07) is 0.267. The Bertz CT molecular complexity index is 300. The molecule has 5 heteroatoms. The summed E-state index contributed by atoms with van der Waals surface area (Å²) >= 11 is 0. The SMILES string of the molecule is CCCn1ccnc1CC(CCCOC)NN. The molecule has 3 N–H and O–H groups in total. The van der Waals surface area contributed by atoms with Gasteiger partial charge in [-0.15, -0.1) is 0 Å². The van der Waals surface area contributed by atoms with Crippen LogP contribution >= 0.6 is 0 Å². The summed E-state index contributed by atoms with van der Waals surface area (Å²) in [6.45, 7) is 3.97. The maximum Gasteiger partial charge on any atom is 0.110 e. The molecule has 1 heterocycles. The first kappa shape index (κ1) is 14.2. The Morgan fingerprint density at radius 1 is 1.59 bits per heavy atom. The third-order valence-corrected chi connectivity index (χ3v) is 2.83. The smallest absolute Gasteiger partial charge is 0.110 e. The van der Waals surface area contributed by atoms with E-state index in [1.807, 2.05) is 12.4 Å². The molecule has 0 aliphatic rings. The molecule has 1 aromatic rings. The van der Waals surface area contributed by atoms with Gasteiger partial charge in [-0.25, -0.2) is 4.98 Å². The van der Waals surface area contributed by atoms with Crippen molar-refractivity contribution in [3.63, 3.8) is 0 Å². The van der Waals surface area contributed by atoms with E-state index in [1.165, 1.54) is 0 Å². The first-order chi connectivity index (χ1) is 8.31. The Kier molecular flexibility index (Phi) is 6.84. The molecule has 0 bridgehead atoms. The summed E-state index contributed by atoms with van der Waals surface area (Å²) in [5, 5.41) is 0. The Morgan fingerprint density at radius 3 is 3.06 bits per heavy atom. The van der Waals surface area contributed by atoms with E-state index in [4.69, 9.17) is 10.6 Å². The van der Waals surface area contributed by atoms with Gasteiger partial charge in [-0.05, 0) is 19.3 Å². The van der Waals surface area contributed by atoms with E-state index in [0.29, 0.717) is 0 Å². The lowest BCUT2D eigenvalue weighted by Gasteiger charge is -2.16. The largest absolute Gasteiger partial charge is 0.385 e. The first-order valence-electron chi connectivity index (χ1n) is 6.26. The topological polar surface area (TPSA) is 65.1 Å². The van der Waals surface area contributed by atoms with Crippen molar-refractivity contribution in [2.45, 2.75) is 45.2 Å². The second-order valence-electron chi connectivity index (χ2n) is 4.24. The van der Waals surface area contributed by atoms with Crippen LogP contribution in [-0.2, 0) is 17.7 Å². The molecule has 98 valence electrons. The van der Waals surface area contributed by atoms with Crippen LogP contribution in [0, 0.1) is 0 Å². The van der Waals surface area contributed by atoms with Crippen LogP contribution in [0.15, 0.2) is 12.4 Å². The number of hydrazine groups is 1. The van der Waals surface area contributed by atoms with Crippen LogP contribution in [0.25, 0.3) is 0 Å². The Labute approximate surface area is 103 Å². The number of aryl methyl sites for hydroxylation is 1. The zero-order valence-corrected chi connectivity index (χ0v) is 10.9. The fourth-order valence-corrected chi connectivity index (χ4v) is 1.91. The van der Waals surface area contributed by atoms with Crippen molar-refractivity contribution >= 4 is 0 Å². The molecular formula is C12H24N4O. The van der Waals surface area contributed by atoms with Crippen LogP contribution in [-0.4, -0.2) is 29.3 Å². The van der Waals surface area contributed by atoms with E-state index >= 15 is 0 Å². The minimum atomic E-state index is 0.267. The van der Waals surface area contributed by atoms with Crippen molar-refractivity contribution < 1.29 is 4.74 Å². The van der Waals surface area contributed by atoms with E-state index in [-0.39, 0.29) is 6.04 Å². The lowest BCUT2D eigenvalue weighted by atomic mass is 10.1. The van der Waals surface area contributed by atoms with Crippen molar-refractivity contribution in [1.82, 2.24) is 15.0 Å². The summed E-state index contributed by atoms with van der Waals surface area (Å²) in [4.78, 5) is 4.39. The van der Waals surface area contributed by atoms with Gasteiger partial charge in [0.15, 0.2) is 0 Å². The predicted octanol–water partition coefficient (Wildman–Crippen LogP) is 1.09. The van der Waals surface area contributed by atoms with Gasteiger partial charge in [-0.2, -0.15) is 0 Å². The van der Waals surface area contributed by atoms with Crippen LogP contribution in [0.1, 0.15) is 32.0 Å². The van der Waals surface area contributed by atoms with Crippen molar-refractivity contribution in [1.29, 1.82) is 0 Å². The van der Waals surface area contributed by atoms with Crippen LogP contribution < -0.4 is 11.3 Å². The van der Waals surface area contributed by atoms with Crippen molar-refractivity contribution in [3.05, 3.63) is 18.2 Å². The molecular weight excluding hydrogens is 216 g/mol. The number of nitrogens with two attached hydrogens (primary N) is 1. The van der Waals surface area contributed by atoms with Gasteiger partial charge in [0, 0.05) is 45.1 Å². The summed E-state index contributed by atoms with van der Waals surface area (Å²) in [5.41, 5.74) is 2.86. The zero-order chi connectivity index (χ0) is 12.5. The lowest BCUT2D eigenvalue weighted by Crippen LogP contribution is -2.37. The molecule has 0 amide bonds. The molecule has 1 aromatic heterocycles. The molecule has 17 heavy (non-hydrogen) atoms. The second kappa shape index (κ2) is 8.22. The number of rotatable bonds is 9. The van der Waals surface area contributed by atoms with Gasteiger partial charge in [0.2, 0.25) is 0 Å². The Balaban J connectivity index is 2.45. The van der Waals surface area contributed by atoms with Crippen molar-refractivity contribution in [2.24, 2.45) is 5.84 Å². The second-order valence-corrected chi connectivity index (χ2v) is 4.24. The highest BCUT2D eigenvalue weighted by Gasteiger charge is 2.11. The zero-order valence-electron chi connectivity index (χ0n) is 10.9. The number of ether oxygens (including phenoxy) is 1. The highest BCUT2D eigenvalue weighted by Crippen LogP contribution is 2.07. The standard InChI is InChI=1S/C12H24N4O/c1-3-7-16-8-6-14-12(16)10-11(15-13)5-4-9-17-2/h6,8,11,15H,3-5,7,9-10,13H2,1-2H3. The number of methoxy groups -OCH3 is 1. The number of hydrogen-bond acceptors (Lipinski definition) is 4. The average Bonchev–Trinajstić information content (AvgIpc) is 2.76. The number of nitrogens with zero attached hydrogens (tertiary/aromatic N) is 2. The molecule has 0 aliphatic carbocycles. The molecule has 1 rings (SSSR count). The molecule has 0 saturated carbocycles. The normalized spacial score (nSPS) is 12.9. The minimum Gasteiger partial charge on any atom is -0.385 e. The van der Waals surface area contributed by atoms with E-state index in [1.54, 1.807) is 7.11 Å². The van der Waals surface area contributed by atoms with Crippen LogP contribution in [0.4, 0.5) is 0 Å². The number of imidazole rings is 1. The van der Waals surface area contributed by atoms with Gasteiger partial charge in [0.1, 0.15) is 5.82 Å². The summed E-state index contributed by atoms with van der Waals surface area (Å²) < 4.78 is 7.24. The fourth-order valence-electron chi connectivity index (χ4n) is 1.91. The van der Waals surface area contributed by atoms with Crippen molar-refractivity contribution in [2.75, 3.05) is 13.7 Å². The fraction of sp³-hybridized carbons (Fsp3) is 0.750. The van der Waals surface area contributed by atoms with Gasteiger partial charge in [-0.3, -0.25) is 11.3 Å². The summed E-state index contributed by atoms with van der Waals surface area (Å²) in [7, 11) is 1.72. The van der Waals surface area contributed by atoms with Crippen LogP contribution in [0.5, 0.6) is 0 Å². The molecule has 1 atom stereocenters. The van der Waals surface area contributed by atoms with Gasteiger partial charge < -0.3 is 9.30 Å². The number of nitrogens with one attached hydrogen (secondary N) is 1. The van der Waals surface area contributed by atoms with E-state index in [9.17, 15) is 0 Å². The molecule has 0 saturated heterocycles. The molecule has 0 fully saturated rings. The highest BCUT2D eigenvalue weighted by atomic mass is 16.5. The molecule has 0 radical (unpaired) electrons. The van der Waals surface area contributed by atoms with Crippen LogP contribution in [0.3, 0.4) is 0 Å². The lowest BCUT2D eigenvalue weighted by molar-refractivity contribution is 0.188. The average molecular weight is 240 g/mol. The molecule has 5 nitrogen and oxygen atoms in total. The molecule has 1 unspecified atom stereocenters. The van der Waals surface area contributed by atoms with E-state index in [2.05, 4.69) is 21.9 Å². The quantitative estimate of drug-likeness (QED) is 0.385. The highest BCUT2D eigenvalue weighted by molar-refractivity contribution is 4.95. The van der Waals surface area contributed by atoms with Crippen molar-refractivity contribution in [3.8, 4) is 0 Å². The maximum atomic E-state index is 5.57. The van der Waals surface area contributed by atoms with Crippen LogP contribution in [0.2, 0.25) is 0 Å². The molecule has 0 spiro atoms. The third-order valence-electron chi connectivity index (χ3n) is 2.83. The third kappa shape index (κ3) is 4.85. The van der Waals surface area contributed by atoms with Gasteiger partial charge in [-0.1, -0.05) is 6.92 Å². The molecule has 0 aliphatic heterocycles. The maximum absolute atomic E-state index is 5.57. The Morgan fingerprint density at radius 2 is 2.41 bits per heavy atom. The predicted molar refractivity (Wildman–Crippen MR) is 68.4 cm³/mol. The minimum absolute atomic E-state index is 0.267. The van der Waals surface area contributed by atoms with Gasteiger partial charge in [0.05, 0.1) is 0 Å². The molecule has 0 aromatic carbocycles.